The highest BCUT2D eigenvalue weighted by Gasteiger charge is 2.35. The lowest BCUT2D eigenvalue weighted by Gasteiger charge is -2.41. The fourth-order valence-corrected chi connectivity index (χ4v) is 3.87. The van der Waals surface area contributed by atoms with E-state index in [2.05, 4.69) is 4.90 Å². The molecule has 2 rings (SSSR count). The largest absolute Gasteiger partial charge is 0.395 e. The molecule has 0 aromatic carbocycles. The molecular formula is C16H30FNO2. The van der Waals surface area contributed by atoms with Crippen molar-refractivity contribution in [2.45, 2.75) is 70.2 Å². The van der Waals surface area contributed by atoms with Crippen molar-refractivity contribution in [2.75, 3.05) is 19.7 Å². The van der Waals surface area contributed by atoms with Gasteiger partial charge in [-0.1, -0.05) is 0 Å². The van der Waals surface area contributed by atoms with E-state index in [0.717, 1.165) is 45.2 Å². The second-order valence-electron chi connectivity index (χ2n) is 7.29. The second-order valence-corrected chi connectivity index (χ2v) is 7.29. The fourth-order valence-electron chi connectivity index (χ4n) is 3.87. The van der Waals surface area contributed by atoms with Gasteiger partial charge in [0.15, 0.2) is 0 Å². The van der Waals surface area contributed by atoms with Gasteiger partial charge in [0.25, 0.3) is 0 Å². The summed E-state index contributed by atoms with van der Waals surface area (Å²) in [7, 11) is 0. The predicted octanol–water partition coefficient (Wildman–Crippen LogP) is 2.36. The molecule has 0 radical (unpaired) electrons. The van der Waals surface area contributed by atoms with Crippen LogP contribution in [-0.2, 0) is 0 Å². The number of alkyl halides is 1. The molecule has 1 heterocycles. The summed E-state index contributed by atoms with van der Waals surface area (Å²) in [5, 5.41) is 19.1. The van der Waals surface area contributed by atoms with E-state index in [9.17, 15) is 14.6 Å². The summed E-state index contributed by atoms with van der Waals surface area (Å²) in [6.45, 7) is 5.40. The maximum atomic E-state index is 13.9. The highest BCUT2D eigenvalue weighted by molar-refractivity contribution is 4.87. The Morgan fingerprint density at radius 1 is 1.15 bits per heavy atom. The van der Waals surface area contributed by atoms with Gasteiger partial charge < -0.3 is 10.2 Å². The molecule has 1 saturated carbocycles. The van der Waals surface area contributed by atoms with E-state index in [1.165, 1.54) is 0 Å². The summed E-state index contributed by atoms with van der Waals surface area (Å²) in [5.74, 6) is 0.827. The molecule has 118 valence electrons. The van der Waals surface area contributed by atoms with E-state index < -0.39 is 5.67 Å². The van der Waals surface area contributed by atoms with Crippen LogP contribution in [0.1, 0.15) is 52.4 Å². The van der Waals surface area contributed by atoms with Crippen LogP contribution in [0.4, 0.5) is 4.39 Å². The van der Waals surface area contributed by atoms with Crippen LogP contribution >= 0.6 is 0 Å². The third-order valence-electron chi connectivity index (χ3n) is 5.33. The molecule has 3 nitrogen and oxygen atoms in total. The molecule has 0 aromatic rings. The van der Waals surface area contributed by atoms with Crippen LogP contribution in [0.15, 0.2) is 0 Å². The van der Waals surface area contributed by atoms with Crippen LogP contribution in [-0.4, -0.2) is 52.6 Å². The van der Waals surface area contributed by atoms with Crippen molar-refractivity contribution in [1.82, 2.24) is 4.90 Å². The number of hydrogen-bond acceptors (Lipinski definition) is 3. The first kappa shape index (κ1) is 16.2. The monoisotopic (exact) mass is 287 g/mol. The molecule has 20 heavy (non-hydrogen) atoms. The first-order valence-corrected chi connectivity index (χ1v) is 8.12. The van der Waals surface area contributed by atoms with E-state index >= 15 is 0 Å². The van der Waals surface area contributed by atoms with Crippen molar-refractivity contribution >= 4 is 0 Å². The molecule has 2 aliphatic rings. The minimum Gasteiger partial charge on any atom is -0.395 e. The van der Waals surface area contributed by atoms with E-state index in [1.54, 1.807) is 13.8 Å². The molecule has 2 N–H and O–H groups in total. The first-order chi connectivity index (χ1) is 9.40. The van der Waals surface area contributed by atoms with Crippen molar-refractivity contribution in [3.05, 3.63) is 0 Å². The van der Waals surface area contributed by atoms with E-state index in [1.807, 2.05) is 0 Å². The van der Waals surface area contributed by atoms with Crippen LogP contribution in [0.5, 0.6) is 0 Å². The van der Waals surface area contributed by atoms with Crippen LogP contribution < -0.4 is 0 Å². The molecule has 0 amide bonds. The summed E-state index contributed by atoms with van der Waals surface area (Å²) < 4.78 is 13.9. The minimum atomic E-state index is -1.05. The summed E-state index contributed by atoms with van der Waals surface area (Å²) in [4.78, 5) is 2.33. The molecule has 1 saturated heterocycles. The molecular weight excluding hydrogens is 257 g/mol. The van der Waals surface area contributed by atoms with Gasteiger partial charge in [-0.3, -0.25) is 4.90 Å². The van der Waals surface area contributed by atoms with Crippen LogP contribution in [0.2, 0.25) is 0 Å². The maximum Gasteiger partial charge on any atom is 0.108 e. The molecule has 1 aliphatic heterocycles. The minimum absolute atomic E-state index is 0.106. The Balaban J connectivity index is 1.80. The molecule has 1 aliphatic carbocycles. The molecule has 2 unspecified atom stereocenters. The number of aliphatic hydroxyl groups excluding tert-OH is 2. The van der Waals surface area contributed by atoms with Gasteiger partial charge in [0.2, 0.25) is 0 Å². The predicted molar refractivity (Wildman–Crippen MR) is 78.3 cm³/mol. The van der Waals surface area contributed by atoms with Crippen molar-refractivity contribution in [1.29, 1.82) is 0 Å². The number of rotatable bonds is 4. The standard InChI is InChI=1S/C16H30FNO2/c1-16(2,17)13-5-3-12(4-6-13)10-18-8-7-15(20)9-14(18)11-19/h12-15,19-20H,3-11H2,1-2H3. The van der Waals surface area contributed by atoms with Crippen molar-refractivity contribution < 1.29 is 14.6 Å². The highest BCUT2D eigenvalue weighted by Crippen LogP contribution is 2.38. The number of halogens is 1. The van der Waals surface area contributed by atoms with Crippen LogP contribution in [0.25, 0.3) is 0 Å². The molecule has 2 fully saturated rings. The number of hydrogen-bond donors (Lipinski definition) is 2. The summed E-state index contributed by atoms with van der Waals surface area (Å²) in [6, 6.07) is 0.106. The Bertz CT molecular complexity index is 297. The van der Waals surface area contributed by atoms with Crippen molar-refractivity contribution in [2.24, 2.45) is 11.8 Å². The molecule has 2 atom stereocenters. The lowest BCUT2D eigenvalue weighted by atomic mass is 9.75. The third kappa shape index (κ3) is 4.15. The summed E-state index contributed by atoms with van der Waals surface area (Å²) in [6.07, 6.45) is 5.38. The fraction of sp³-hybridized carbons (Fsp3) is 1.00. The van der Waals surface area contributed by atoms with Gasteiger partial charge in [-0.2, -0.15) is 0 Å². The van der Waals surface area contributed by atoms with Crippen LogP contribution in [0, 0.1) is 11.8 Å². The Hall–Kier alpha value is -0.190. The number of piperidine rings is 1. The zero-order valence-electron chi connectivity index (χ0n) is 12.9. The lowest BCUT2D eigenvalue weighted by molar-refractivity contribution is 0.00105. The summed E-state index contributed by atoms with van der Waals surface area (Å²) >= 11 is 0. The van der Waals surface area contributed by atoms with Gasteiger partial charge in [0.05, 0.1) is 12.7 Å². The Labute approximate surface area is 122 Å². The van der Waals surface area contributed by atoms with E-state index in [0.29, 0.717) is 12.3 Å². The van der Waals surface area contributed by atoms with Gasteiger partial charge in [-0.05, 0) is 64.2 Å². The topological polar surface area (TPSA) is 43.7 Å². The second kappa shape index (κ2) is 6.71. The Kier molecular flexibility index (Phi) is 5.43. The van der Waals surface area contributed by atoms with Gasteiger partial charge >= 0.3 is 0 Å². The maximum absolute atomic E-state index is 13.9. The van der Waals surface area contributed by atoms with Gasteiger partial charge in [-0.15, -0.1) is 0 Å². The quantitative estimate of drug-likeness (QED) is 0.834. The van der Waals surface area contributed by atoms with Crippen molar-refractivity contribution in [3.63, 3.8) is 0 Å². The molecule has 0 aromatic heterocycles. The zero-order valence-corrected chi connectivity index (χ0v) is 12.9. The van der Waals surface area contributed by atoms with Gasteiger partial charge in [-0.25, -0.2) is 4.39 Å². The van der Waals surface area contributed by atoms with Crippen LogP contribution in [0.3, 0.4) is 0 Å². The highest BCUT2D eigenvalue weighted by atomic mass is 19.1. The number of aliphatic hydroxyl groups is 2. The Morgan fingerprint density at radius 3 is 2.35 bits per heavy atom. The third-order valence-corrected chi connectivity index (χ3v) is 5.33. The zero-order chi connectivity index (χ0) is 14.8. The smallest absolute Gasteiger partial charge is 0.108 e. The number of likely N-dealkylation sites (tertiary alicyclic amines) is 1. The molecule has 0 bridgehead atoms. The SMILES string of the molecule is CC(C)(F)C1CCC(CN2CCC(O)CC2CO)CC1. The van der Waals surface area contributed by atoms with E-state index in [4.69, 9.17) is 0 Å². The number of nitrogens with zero attached hydrogens (tertiary/aromatic N) is 1. The average molecular weight is 287 g/mol. The van der Waals surface area contributed by atoms with Crippen molar-refractivity contribution in [3.8, 4) is 0 Å². The average Bonchev–Trinajstić information content (AvgIpc) is 2.40. The normalized spacial score (nSPS) is 37.0. The summed E-state index contributed by atoms with van der Waals surface area (Å²) in [5.41, 5.74) is -1.05. The Morgan fingerprint density at radius 2 is 1.80 bits per heavy atom. The molecule has 4 heteroatoms. The first-order valence-electron chi connectivity index (χ1n) is 8.12. The molecule has 0 spiro atoms. The lowest BCUT2D eigenvalue weighted by Crippen LogP contribution is -2.48. The van der Waals surface area contributed by atoms with Gasteiger partial charge in [0, 0.05) is 19.1 Å². The van der Waals surface area contributed by atoms with Gasteiger partial charge in [0.1, 0.15) is 5.67 Å². The van der Waals surface area contributed by atoms with E-state index in [-0.39, 0.29) is 24.7 Å².